The van der Waals surface area contributed by atoms with Crippen LogP contribution in [0.1, 0.15) is 15.9 Å². The molecule has 0 aliphatic rings. The quantitative estimate of drug-likeness (QED) is 0.411. The lowest BCUT2D eigenvalue weighted by Crippen LogP contribution is -1.96. The van der Waals surface area contributed by atoms with Gasteiger partial charge in [-0.05, 0) is 12.5 Å². The third-order valence-corrected chi connectivity index (χ3v) is 1.64. The van der Waals surface area contributed by atoms with Crippen molar-refractivity contribution in [3.63, 3.8) is 0 Å². The highest BCUT2D eigenvalue weighted by molar-refractivity contribution is 6.05. The SMILES string of the molecule is Cc1ccccc1C(=O)C=CO. The summed E-state index contributed by atoms with van der Waals surface area (Å²) in [5, 5.41) is 8.39. The Hall–Kier alpha value is -1.57. The number of aliphatic hydroxyl groups excluding tert-OH is 1. The number of hydrogen-bond acceptors (Lipinski definition) is 2. The second-order valence-electron chi connectivity index (χ2n) is 2.49. The van der Waals surface area contributed by atoms with Crippen molar-refractivity contribution in [3.8, 4) is 0 Å². The van der Waals surface area contributed by atoms with Gasteiger partial charge in [-0.25, -0.2) is 0 Å². The standard InChI is InChI=1S/C10H10O2/c1-8-4-2-3-5-9(8)10(12)6-7-11/h2-7,11H,1H3. The molecule has 1 N–H and O–H groups in total. The zero-order chi connectivity index (χ0) is 8.97. The second kappa shape index (κ2) is 3.72. The first-order valence-electron chi connectivity index (χ1n) is 3.66. The molecule has 0 spiro atoms. The van der Waals surface area contributed by atoms with E-state index in [2.05, 4.69) is 0 Å². The highest BCUT2D eigenvalue weighted by atomic mass is 16.2. The average Bonchev–Trinajstić information content (AvgIpc) is 2.05. The van der Waals surface area contributed by atoms with Crippen LogP contribution in [0.25, 0.3) is 0 Å². The Kier molecular flexibility index (Phi) is 2.64. The smallest absolute Gasteiger partial charge is 0.189 e. The van der Waals surface area contributed by atoms with Crippen LogP contribution in [0.4, 0.5) is 0 Å². The first kappa shape index (κ1) is 8.53. The van der Waals surface area contributed by atoms with Crippen molar-refractivity contribution in [1.29, 1.82) is 0 Å². The molecule has 0 aliphatic heterocycles. The number of rotatable bonds is 2. The third kappa shape index (κ3) is 1.72. The van der Waals surface area contributed by atoms with Crippen LogP contribution in [0.15, 0.2) is 36.6 Å². The number of benzene rings is 1. The maximum absolute atomic E-state index is 11.2. The van der Waals surface area contributed by atoms with E-state index in [-0.39, 0.29) is 5.78 Å². The van der Waals surface area contributed by atoms with E-state index in [9.17, 15) is 4.79 Å². The summed E-state index contributed by atoms with van der Waals surface area (Å²) in [6, 6.07) is 7.26. The van der Waals surface area contributed by atoms with Gasteiger partial charge in [0.2, 0.25) is 0 Å². The summed E-state index contributed by atoms with van der Waals surface area (Å²) >= 11 is 0. The molecule has 1 aromatic rings. The predicted molar refractivity (Wildman–Crippen MR) is 47.3 cm³/mol. The number of aryl methyl sites for hydroxylation is 1. The molecule has 12 heavy (non-hydrogen) atoms. The van der Waals surface area contributed by atoms with E-state index in [0.717, 1.165) is 17.9 Å². The van der Waals surface area contributed by atoms with Gasteiger partial charge in [0.05, 0.1) is 6.26 Å². The largest absolute Gasteiger partial charge is 0.515 e. The molecule has 62 valence electrons. The first-order valence-corrected chi connectivity index (χ1v) is 3.66. The Bertz CT molecular complexity index is 313. The summed E-state index contributed by atoms with van der Waals surface area (Å²) in [5.74, 6) is -0.171. The predicted octanol–water partition coefficient (Wildman–Crippen LogP) is 2.25. The molecule has 0 saturated carbocycles. The van der Waals surface area contributed by atoms with Crippen LogP contribution < -0.4 is 0 Å². The van der Waals surface area contributed by atoms with Crippen LogP contribution in [0.2, 0.25) is 0 Å². The van der Waals surface area contributed by atoms with Gasteiger partial charge in [-0.1, -0.05) is 24.3 Å². The van der Waals surface area contributed by atoms with Gasteiger partial charge in [0.15, 0.2) is 5.78 Å². The number of hydrogen-bond donors (Lipinski definition) is 1. The molecule has 0 atom stereocenters. The van der Waals surface area contributed by atoms with E-state index in [1.165, 1.54) is 0 Å². The van der Waals surface area contributed by atoms with Crippen LogP contribution in [-0.4, -0.2) is 10.9 Å². The minimum Gasteiger partial charge on any atom is -0.515 e. The average molecular weight is 162 g/mol. The van der Waals surface area contributed by atoms with E-state index < -0.39 is 0 Å². The van der Waals surface area contributed by atoms with Crippen LogP contribution >= 0.6 is 0 Å². The molecular formula is C10H10O2. The van der Waals surface area contributed by atoms with Gasteiger partial charge in [-0.15, -0.1) is 0 Å². The fourth-order valence-electron chi connectivity index (χ4n) is 1.01. The van der Waals surface area contributed by atoms with Gasteiger partial charge in [0, 0.05) is 11.6 Å². The summed E-state index contributed by atoms with van der Waals surface area (Å²) in [6.07, 6.45) is 1.90. The molecule has 0 heterocycles. The van der Waals surface area contributed by atoms with Crippen molar-refractivity contribution in [2.24, 2.45) is 0 Å². The fraction of sp³-hybridized carbons (Fsp3) is 0.100. The Morgan fingerprint density at radius 1 is 1.42 bits per heavy atom. The Morgan fingerprint density at radius 2 is 2.08 bits per heavy atom. The summed E-state index contributed by atoms with van der Waals surface area (Å²) in [7, 11) is 0. The van der Waals surface area contributed by atoms with Crippen molar-refractivity contribution in [1.82, 2.24) is 0 Å². The summed E-state index contributed by atoms with van der Waals surface area (Å²) in [6.45, 7) is 1.86. The second-order valence-corrected chi connectivity index (χ2v) is 2.49. The van der Waals surface area contributed by atoms with Gasteiger partial charge in [0.25, 0.3) is 0 Å². The van der Waals surface area contributed by atoms with Crippen molar-refractivity contribution < 1.29 is 9.90 Å². The summed E-state index contributed by atoms with van der Waals surface area (Å²) in [5.41, 5.74) is 1.54. The zero-order valence-corrected chi connectivity index (χ0v) is 6.82. The zero-order valence-electron chi connectivity index (χ0n) is 6.82. The van der Waals surface area contributed by atoms with E-state index in [1.54, 1.807) is 12.1 Å². The van der Waals surface area contributed by atoms with Crippen molar-refractivity contribution >= 4 is 5.78 Å². The van der Waals surface area contributed by atoms with E-state index in [4.69, 9.17) is 5.11 Å². The van der Waals surface area contributed by atoms with E-state index in [0.29, 0.717) is 5.56 Å². The molecule has 2 nitrogen and oxygen atoms in total. The Balaban J connectivity index is 3.03. The molecule has 0 amide bonds. The summed E-state index contributed by atoms with van der Waals surface area (Å²) < 4.78 is 0. The summed E-state index contributed by atoms with van der Waals surface area (Å²) in [4.78, 5) is 11.2. The normalized spacial score (nSPS) is 10.4. The molecule has 0 aliphatic carbocycles. The minimum absolute atomic E-state index is 0.171. The topological polar surface area (TPSA) is 37.3 Å². The lowest BCUT2D eigenvalue weighted by atomic mass is 10.1. The highest BCUT2D eigenvalue weighted by Gasteiger charge is 2.03. The van der Waals surface area contributed by atoms with E-state index >= 15 is 0 Å². The molecule has 0 bridgehead atoms. The molecule has 2 heteroatoms. The van der Waals surface area contributed by atoms with Gasteiger partial charge < -0.3 is 5.11 Å². The van der Waals surface area contributed by atoms with Crippen LogP contribution in [0, 0.1) is 6.92 Å². The lowest BCUT2D eigenvalue weighted by molar-refractivity contribution is 0.104. The molecule has 0 fully saturated rings. The molecule has 1 aromatic carbocycles. The lowest BCUT2D eigenvalue weighted by Gasteiger charge is -1.98. The molecule has 1 rings (SSSR count). The molecular weight excluding hydrogens is 152 g/mol. The van der Waals surface area contributed by atoms with Crippen molar-refractivity contribution in [2.45, 2.75) is 6.92 Å². The van der Waals surface area contributed by atoms with Gasteiger partial charge in [-0.3, -0.25) is 4.79 Å². The maximum atomic E-state index is 11.2. The highest BCUT2D eigenvalue weighted by Crippen LogP contribution is 2.07. The Labute approximate surface area is 71.2 Å². The van der Waals surface area contributed by atoms with Crippen LogP contribution in [0.3, 0.4) is 0 Å². The van der Waals surface area contributed by atoms with E-state index in [1.807, 2.05) is 19.1 Å². The number of carbonyl (C=O) groups excluding carboxylic acids is 1. The molecule has 0 unspecified atom stereocenters. The molecule has 0 radical (unpaired) electrons. The fourth-order valence-corrected chi connectivity index (χ4v) is 1.01. The number of ketones is 1. The number of allylic oxidation sites excluding steroid dienone is 1. The monoisotopic (exact) mass is 162 g/mol. The molecule has 0 saturated heterocycles. The van der Waals surface area contributed by atoms with Gasteiger partial charge >= 0.3 is 0 Å². The Morgan fingerprint density at radius 3 is 2.67 bits per heavy atom. The van der Waals surface area contributed by atoms with Crippen LogP contribution in [0.5, 0.6) is 0 Å². The first-order chi connectivity index (χ1) is 5.75. The minimum atomic E-state index is -0.171. The van der Waals surface area contributed by atoms with Gasteiger partial charge in [0.1, 0.15) is 0 Å². The third-order valence-electron chi connectivity index (χ3n) is 1.64. The van der Waals surface area contributed by atoms with Crippen LogP contribution in [-0.2, 0) is 0 Å². The van der Waals surface area contributed by atoms with Crippen molar-refractivity contribution in [2.75, 3.05) is 0 Å². The maximum Gasteiger partial charge on any atom is 0.189 e. The van der Waals surface area contributed by atoms with Gasteiger partial charge in [-0.2, -0.15) is 0 Å². The van der Waals surface area contributed by atoms with Crippen molar-refractivity contribution in [3.05, 3.63) is 47.7 Å². The number of aliphatic hydroxyl groups is 1. The number of carbonyl (C=O) groups is 1. The molecule has 0 aromatic heterocycles.